The summed E-state index contributed by atoms with van der Waals surface area (Å²) in [6, 6.07) is 22.1. The second kappa shape index (κ2) is 28.6. The molecule has 10 rings (SSSR count). The molecule has 0 spiro atoms. The lowest BCUT2D eigenvalue weighted by Crippen LogP contribution is -2.54. The van der Waals surface area contributed by atoms with Crippen LogP contribution in [0.5, 0.6) is 17.5 Å². The predicted molar refractivity (Wildman–Crippen MR) is 318 cm³/mol. The number of carbonyl (C=O) groups excluding carboxylic acids is 2. The first-order valence-electron chi connectivity index (χ1n) is 29.6. The van der Waals surface area contributed by atoms with Crippen LogP contribution in [0.1, 0.15) is 94.6 Å². The van der Waals surface area contributed by atoms with Gasteiger partial charge in [-0.1, -0.05) is 38.1 Å². The summed E-state index contributed by atoms with van der Waals surface area (Å²) in [6.07, 6.45) is 5.00. The monoisotopic (exact) mass is 1270 g/mol. The average Bonchev–Trinajstić information content (AvgIpc) is 1.74. The second-order valence-corrected chi connectivity index (χ2v) is 26.1. The number of carboxylic acid groups (broad SMARTS) is 1. The molecule has 5 aliphatic rings. The first-order chi connectivity index (χ1) is 42.7. The van der Waals surface area contributed by atoms with E-state index in [1.165, 1.54) is 4.90 Å². The number of nitrogens with zero attached hydrogens (tertiary/aromatic N) is 9. The Bertz CT molecular complexity index is 3410. The fourth-order valence-electron chi connectivity index (χ4n) is 12.0. The highest BCUT2D eigenvalue weighted by atomic mass is 31.3. The van der Waals surface area contributed by atoms with Crippen LogP contribution in [0.15, 0.2) is 83.5 Å². The number of nitriles is 1. The third-order valence-electron chi connectivity index (χ3n) is 16.5. The Hall–Kier alpha value is -7.48. The van der Waals surface area contributed by atoms with E-state index >= 15 is 0 Å². The van der Waals surface area contributed by atoms with Gasteiger partial charge in [0.25, 0.3) is 5.88 Å². The van der Waals surface area contributed by atoms with Crippen molar-refractivity contribution in [1.82, 2.24) is 40.8 Å². The molecule has 3 amide bonds. The van der Waals surface area contributed by atoms with E-state index in [0.29, 0.717) is 60.4 Å². The van der Waals surface area contributed by atoms with Crippen LogP contribution < -0.4 is 40.4 Å². The minimum absolute atomic E-state index is 0.0111. The van der Waals surface area contributed by atoms with Crippen LogP contribution in [0.3, 0.4) is 0 Å². The van der Waals surface area contributed by atoms with Gasteiger partial charge < -0.3 is 74.5 Å². The van der Waals surface area contributed by atoms with E-state index in [0.717, 1.165) is 62.9 Å². The first-order valence-corrected chi connectivity index (χ1v) is 32.6. The Morgan fingerprint density at radius 2 is 1.58 bits per heavy atom. The molecule has 0 radical (unpaired) electrons. The molecule has 2 aromatic carbocycles. The summed E-state index contributed by atoms with van der Waals surface area (Å²) in [5.74, 6) is -0.145. The predicted octanol–water partition coefficient (Wildman–Crippen LogP) is 5.74. The molecular weight excluding hydrogens is 1200 g/mol. The summed E-state index contributed by atoms with van der Waals surface area (Å²) in [5, 5.41) is 46.0. The van der Waals surface area contributed by atoms with Gasteiger partial charge in [0.2, 0.25) is 17.7 Å². The van der Waals surface area contributed by atoms with E-state index in [1.807, 2.05) is 38.2 Å². The number of amides is 3. The molecule has 8 N–H and O–H groups in total. The van der Waals surface area contributed by atoms with E-state index < -0.39 is 53.2 Å². The number of nitrogens with two attached hydrogens (primary N) is 1. The molecule has 5 fully saturated rings. The number of aliphatic hydroxyl groups is 1. The minimum atomic E-state index is -5.20. The van der Waals surface area contributed by atoms with Crippen molar-refractivity contribution in [2.45, 2.75) is 120 Å². The van der Waals surface area contributed by atoms with Crippen LogP contribution in [-0.2, 0) is 36.8 Å². The molecule has 89 heavy (non-hydrogen) atoms. The number of hydrogen-bond donors (Lipinski definition) is 7. The molecule has 29 nitrogen and oxygen atoms in total. The lowest BCUT2D eigenvalue weighted by molar-refractivity contribution is -0.141. The number of piperidine rings is 1. The lowest BCUT2D eigenvalue weighted by atomic mass is 9.91. The largest absolute Gasteiger partial charge is 0.484 e. The summed E-state index contributed by atoms with van der Waals surface area (Å²) in [6.45, 7) is 7.71. The number of aromatic nitrogens is 4. The molecule has 1 saturated carbocycles. The molecule has 8 atom stereocenters. The van der Waals surface area contributed by atoms with Crippen LogP contribution in [-0.4, -0.2) is 176 Å². The fraction of sp³-hybridized carbons (Fsp3) is 0.517. The van der Waals surface area contributed by atoms with Gasteiger partial charge in [0, 0.05) is 107 Å². The highest BCUT2D eigenvalue weighted by Gasteiger charge is 2.45. The quantitative estimate of drug-likeness (QED) is 0.0187. The number of benzene rings is 2. The maximum Gasteiger partial charge on any atom is 0.484 e. The molecule has 3 aromatic heterocycles. The number of nitrogens with one attached hydrogen (secondary N) is 2. The van der Waals surface area contributed by atoms with Gasteiger partial charge in [-0.3, -0.25) is 19.0 Å². The highest BCUT2D eigenvalue weighted by molar-refractivity contribution is 7.61. The molecule has 7 heterocycles. The standard InChI is InChI=1S/C58H74N12O17P2/c1-35(2)54(57(73)69-33-42(71)25-49(69)56(72)63-36(3)38-10-8-37(30-59)9-11-38)51-29-53(66-86-51)80-23-21-67-19-15-43(16-20-67)84-44-26-45(27-44)85-52-24-39(14-17-61-52)70-40-12-13-41(70)32-68(31-40)48-28-47(64-65-55(48)60)46-6-4-5-7-50(46)81-34-83-89(78,79)87-88(76,77)82-22-18-62-58(74)75/h4-11,14,17,24,28-29,35-36,40-45,49,54,62,71H,12-13,15-16,18-23,25-27,31-34H2,1-3H3,(H2,60,65)(H,63,72)(H,74,75)(H,76,77)(H,78,79)/t36-,40?,41?,42+,44?,45?,49-,54+/m0/s1. The third kappa shape index (κ3) is 16.5. The van der Waals surface area contributed by atoms with Crippen molar-refractivity contribution < 1.29 is 80.3 Å². The van der Waals surface area contributed by atoms with Gasteiger partial charge in [-0.15, -0.1) is 10.2 Å². The molecule has 4 saturated heterocycles. The Balaban J connectivity index is 0.640. The van der Waals surface area contributed by atoms with Crippen molar-refractivity contribution in [3.05, 3.63) is 95.9 Å². The number of nitrogen functional groups attached to an aromatic ring is 1. The van der Waals surface area contributed by atoms with Crippen LogP contribution in [0.2, 0.25) is 0 Å². The number of likely N-dealkylation sites (tertiary alicyclic amines) is 2. The van der Waals surface area contributed by atoms with Crippen molar-refractivity contribution in [3.63, 3.8) is 0 Å². The summed E-state index contributed by atoms with van der Waals surface area (Å²) in [5.41, 5.74) is 10.3. The number of phosphoric ester groups is 2. The van der Waals surface area contributed by atoms with E-state index in [-0.39, 0.29) is 91.1 Å². The molecule has 1 aliphatic carbocycles. The Morgan fingerprint density at radius 1 is 0.854 bits per heavy atom. The van der Waals surface area contributed by atoms with E-state index in [4.69, 9.17) is 44.1 Å². The van der Waals surface area contributed by atoms with Crippen molar-refractivity contribution in [2.75, 3.05) is 81.4 Å². The molecule has 2 bridgehead atoms. The Labute approximate surface area is 513 Å². The number of rotatable bonds is 27. The minimum Gasteiger partial charge on any atom is -0.474 e. The van der Waals surface area contributed by atoms with Crippen LogP contribution >= 0.6 is 15.6 Å². The SMILES string of the molecule is CC(C)[C@@H](C(=O)N1C[C@H](O)C[C@H]1C(=O)N[C@@H](C)c1ccc(C#N)cc1)c1cc(OCCN2CCC(OC3CC(Oc4cc(N5C6CCC5CN(c5cc(-c7ccccc7OCOP(=O)(O)OP(=O)(O)OCCNC(=O)O)nnc5N)C6)ccn4)C3)CC2)no1. The highest BCUT2D eigenvalue weighted by Crippen LogP contribution is 2.60. The van der Waals surface area contributed by atoms with Gasteiger partial charge in [-0.25, -0.2) is 23.4 Å². The first kappa shape index (κ1) is 64.5. The van der Waals surface area contributed by atoms with Crippen molar-refractivity contribution in [1.29, 1.82) is 5.26 Å². The number of ether oxygens (including phenoxy) is 4. The smallest absolute Gasteiger partial charge is 0.474 e. The fourth-order valence-corrected chi connectivity index (χ4v) is 14.0. The maximum atomic E-state index is 14.2. The summed E-state index contributed by atoms with van der Waals surface area (Å²) in [7, 11) is -10.3. The molecule has 5 aromatic rings. The van der Waals surface area contributed by atoms with E-state index in [2.05, 4.69) is 55.3 Å². The molecule has 4 unspecified atom stereocenters. The third-order valence-corrected chi connectivity index (χ3v) is 19.1. The average molecular weight is 1270 g/mol. The zero-order valence-corrected chi connectivity index (χ0v) is 51.2. The van der Waals surface area contributed by atoms with Gasteiger partial charge in [-0.05, 0) is 85.6 Å². The van der Waals surface area contributed by atoms with Crippen molar-refractivity contribution >= 4 is 50.7 Å². The summed E-state index contributed by atoms with van der Waals surface area (Å²) >= 11 is 0. The normalized spacial score (nSPS) is 23.1. The molecule has 4 aliphatic heterocycles. The summed E-state index contributed by atoms with van der Waals surface area (Å²) in [4.78, 5) is 71.1. The number of hydrogen-bond acceptors (Lipinski definition) is 23. The second-order valence-electron chi connectivity index (χ2n) is 23.0. The molecular formula is C58H74N12O17P2. The van der Waals surface area contributed by atoms with Gasteiger partial charge in [0.15, 0.2) is 18.4 Å². The van der Waals surface area contributed by atoms with Gasteiger partial charge in [-0.2, -0.15) is 9.57 Å². The van der Waals surface area contributed by atoms with Gasteiger partial charge in [0.1, 0.15) is 30.4 Å². The Kier molecular flexibility index (Phi) is 20.7. The van der Waals surface area contributed by atoms with Gasteiger partial charge >= 0.3 is 21.7 Å². The number of β-amino-alcohol motifs (C(OH)–C–C–N with tert-alkyl or cyclic N) is 1. The van der Waals surface area contributed by atoms with Gasteiger partial charge in [0.05, 0.1) is 54.0 Å². The zero-order valence-electron chi connectivity index (χ0n) is 49.4. The molecule has 478 valence electrons. The molecule has 31 heteroatoms. The van der Waals surface area contributed by atoms with Crippen LogP contribution in [0.4, 0.5) is 22.0 Å². The number of piperazine rings is 1. The maximum absolute atomic E-state index is 14.2. The van der Waals surface area contributed by atoms with Crippen LogP contribution in [0.25, 0.3) is 11.3 Å². The zero-order chi connectivity index (χ0) is 63.0. The lowest BCUT2D eigenvalue weighted by Gasteiger charge is -2.43. The number of carbonyl (C=O) groups is 3. The number of fused-ring (bicyclic) bond motifs is 2. The summed E-state index contributed by atoms with van der Waals surface area (Å²) < 4.78 is 68.5. The van der Waals surface area contributed by atoms with Crippen molar-refractivity contribution in [3.8, 4) is 34.8 Å². The van der Waals surface area contributed by atoms with Crippen LogP contribution in [0, 0.1) is 17.2 Å². The number of anilines is 3. The van der Waals surface area contributed by atoms with E-state index in [9.17, 15) is 38.4 Å². The number of phosphoric acid groups is 2. The van der Waals surface area contributed by atoms with Crippen molar-refractivity contribution in [2.24, 2.45) is 5.92 Å². The number of aliphatic hydroxyl groups excluding tert-OH is 1. The van der Waals surface area contributed by atoms with E-state index in [1.54, 1.807) is 66.9 Å². The number of para-hydroxylation sites is 1. The topological polar surface area (TPSA) is 382 Å². The number of pyridine rings is 1. The Morgan fingerprint density at radius 3 is 2.30 bits per heavy atom.